The number of nitrogens with zero attached hydrogens (tertiary/aromatic N) is 1. The Morgan fingerprint density at radius 3 is 2.29 bits per heavy atom. The van der Waals surface area contributed by atoms with Crippen molar-refractivity contribution in [1.82, 2.24) is 4.98 Å². The molecule has 0 aliphatic heterocycles. The zero-order valence-corrected chi connectivity index (χ0v) is 9.21. The molecule has 1 aromatic carbocycles. The van der Waals surface area contributed by atoms with Gasteiger partial charge in [0.15, 0.2) is 0 Å². The highest BCUT2D eigenvalue weighted by atomic mass is 16.3. The van der Waals surface area contributed by atoms with Crippen molar-refractivity contribution < 1.29 is 4.42 Å². The summed E-state index contributed by atoms with van der Waals surface area (Å²) in [6.07, 6.45) is 3.48. The van der Waals surface area contributed by atoms with E-state index in [4.69, 9.17) is 4.42 Å². The first-order valence-corrected chi connectivity index (χ1v) is 5.49. The first-order chi connectivity index (χ1) is 8.45. The van der Waals surface area contributed by atoms with Crippen molar-refractivity contribution in [2.75, 3.05) is 0 Å². The molecule has 0 fully saturated rings. The number of pyridine rings is 1. The molecule has 0 bridgehead atoms. The SMILES string of the molecule is c1ccc(-c2ccccc2-c2ccco2)nc1. The normalized spacial score (nSPS) is 10.4. The maximum atomic E-state index is 5.45. The quantitative estimate of drug-likeness (QED) is 0.653. The molecule has 0 saturated heterocycles. The van der Waals surface area contributed by atoms with Crippen molar-refractivity contribution in [2.45, 2.75) is 0 Å². The average molecular weight is 221 g/mol. The fraction of sp³-hybridized carbons (Fsp3) is 0. The number of benzene rings is 1. The van der Waals surface area contributed by atoms with Crippen molar-refractivity contribution in [3.8, 4) is 22.6 Å². The lowest BCUT2D eigenvalue weighted by Crippen LogP contribution is -1.85. The second-order valence-electron chi connectivity index (χ2n) is 3.74. The molecule has 0 radical (unpaired) electrons. The first kappa shape index (κ1) is 9.85. The van der Waals surface area contributed by atoms with Gasteiger partial charge in [-0.05, 0) is 24.3 Å². The van der Waals surface area contributed by atoms with E-state index in [-0.39, 0.29) is 0 Å². The molecule has 3 aromatic rings. The fourth-order valence-electron chi connectivity index (χ4n) is 1.88. The summed E-state index contributed by atoms with van der Waals surface area (Å²) in [6.45, 7) is 0. The molecule has 82 valence electrons. The van der Waals surface area contributed by atoms with Crippen molar-refractivity contribution in [3.05, 3.63) is 67.1 Å². The van der Waals surface area contributed by atoms with Gasteiger partial charge in [0.05, 0.1) is 12.0 Å². The van der Waals surface area contributed by atoms with Gasteiger partial charge in [-0.2, -0.15) is 0 Å². The van der Waals surface area contributed by atoms with Gasteiger partial charge in [-0.25, -0.2) is 0 Å². The van der Waals surface area contributed by atoms with E-state index in [2.05, 4.69) is 11.1 Å². The number of hydrogen-bond acceptors (Lipinski definition) is 2. The molecule has 0 aliphatic rings. The Bertz CT molecular complexity index is 600. The van der Waals surface area contributed by atoms with E-state index in [1.165, 1.54) is 0 Å². The summed E-state index contributed by atoms with van der Waals surface area (Å²) in [6, 6.07) is 17.9. The predicted molar refractivity (Wildman–Crippen MR) is 67.4 cm³/mol. The molecule has 0 amide bonds. The highest BCUT2D eigenvalue weighted by molar-refractivity contribution is 5.79. The largest absolute Gasteiger partial charge is 0.464 e. The lowest BCUT2D eigenvalue weighted by atomic mass is 10.0. The van der Waals surface area contributed by atoms with E-state index >= 15 is 0 Å². The Morgan fingerprint density at radius 1 is 0.765 bits per heavy atom. The van der Waals surface area contributed by atoms with Crippen LogP contribution in [0.1, 0.15) is 0 Å². The average Bonchev–Trinajstić information content (AvgIpc) is 2.94. The molecule has 0 saturated carbocycles. The molecule has 2 heterocycles. The third-order valence-corrected chi connectivity index (χ3v) is 2.65. The van der Waals surface area contributed by atoms with Crippen LogP contribution in [0.5, 0.6) is 0 Å². The highest BCUT2D eigenvalue weighted by Crippen LogP contribution is 2.30. The Balaban J connectivity index is 2.18. The van der Waals surface area contributed by atoms with Gasteiger partial charge in [0.1, 0.15) is 5.76 Å². The molecule has 17 heavy (non-hydrogen) atoms. The van der Waals surface area contributed by atoms with Crippen LogP contribution in [0.3, 0.4) is 0 Å². The van der Waals surface area contributed by atoms with E-state index in [1.807, 2.05) is 48.5 Å². The molecule has 0 aliphatic carbocycles. The van der Waals surface area contributed by atoms with E-state index in [9.17, 15) is 0 Å². The van der Waals surface area contributed by atoms with Crippen molar-refractivity contribution >= 4 is 0 Å². The minimum atomic E-state index is 0.867. The molecule has 0 unspecified atom stereocenters. The maximum absolute atomic E-state index is 5.45. The van der Waals surface area contributed by atoms with E-state index in [0.29, 0.717) is 0 Å². The lowest BCUT2D eigenvalue weighted by molar-refractivity contribution is 0.582. The van der Waals surface area contributed by atoms with E-state index in [1.54, 1.807) is 12.5 Å². The van der Waals surface area contributed by atoms with Crippen LogP contribution in [0.15, 0.2) is 71.5 Å². The molecule has 2 heteroatoms. The first-order valence-electron chi connectivity index (χ1n) is 5.49. The Morgan fingerprint density at radius 2 is 1.59 bits per heavy atom. The molecule has 3 rings (SSSR count). The van der Waals surface area contributed by atoms with Crippen molar-refractivity contribution in [2.24, 2.45) is 0 Å². The lowest BCUT2D eigenvalue weighted by Gasteiger charge is -2.06. The summed E-state index contributed by atoms with van der Waals surface area (Å²) in [7, 11) is 0. The Labute approximate surface area is 99.6 Å². The van der Waals surface area contributed by atoms with Crippen LogP contribution in [-0.2, 0) is 0 Å². The standard InChI is InChI=1S/C15H11NO/c1-2-7-13(15-9-5-11-17-15)12(6-1)14-8-3-4-10-16-14/h1-11H. The van der Waals surface area contributed by atoms with Crippen molar-refractivity contribution in [1.29, 1.82) is 0 Å². The summed E-state index contributed by atoms with van der Waals surface area (Å²) < 4.78 is 5.45. The van der Waals surface area contributed by atoms with Gasteiger partial charge in [0.2, 0.25) is 0 Å². The van der Waals surface area contributed by atoms with Crippen LogP contribution >= 0.6 is 0 Å². The van der Waals surface area contributed by atoms with Crippen LogP contribution in [0, 0.1) is 0 Å². The molecular weight excluding hydrogens is 210 g/mol. The predicted octanol–water partition coefficient (Wildman–Crippen LogP) is 4.01. The second-order valence-corrected chi connectivity index (χ2v) is 3.74. The molecule has 0 spiro atoms. The number of rotatable bonds is 2. The van der Waals surface area contributed by atoms with Gasteiger partial charge in [-0.15, -0.1) is 0 Å². The third kappa shape index (κ3) is 1.85. The van der Waals surface area contributed by atoms with Crippen LogP contribution in [0.4, 0.5) is 0 Å². The topological polar surface area (TPSA) is 26.0 Å². The van der Waals surface area contributed by atoms with Gasteiger partial charge in [0, 0.05) is 17.3 Å². The summed E-state index contributed by atoms with van der Waals surface area (Å²) >= 11 is 0. The Kier molecular flexibility index (Phi) is 2.47. The van der Waals surface area contributed by atoms with Crippen LogP contribution in [0.2, 0.25) is 0 Å². The summed E-state index contributed by atoms with van der Waals surface area (Å²) in [5, 5.41) is 0. The minimum absolute atomic E-state index is 0.867. The smallest absolute Gasteiger partial charge is 0.134 e. The van der Waals surface area contributed by atoms with Crippen LogP contribution < -0.4 is 0 Å². The minimum Gasteiger partial charge on any atom is -0.464 e. The molecule has 2 nitrogen and oxygen atoms in total. The number of aromatic nitrogens is 1. The van der Waals surface area contributed by atoms with Crippen LogP contribution in [-0.4, -0.2) is 4.98 Å². The van der Waals surface area contributed by atoms with Gasteiger partial charge >= 0.3 is 0 Å². The molecule has 2 aromatic heterocycles. The number of hydrogen-bond donors (Lipinski definition) is 0. The Hall–Kier alpha value is -2.35. The number of furan rings is 1. The third-order valence-electron chi connectivity index (χ3n) is 2.65. The van der Waals surface area contributed by atoms with E-state index in [0.717, 1.165) is 22.6 Å². The van der Waals surface area contributed by atoms with Crippen molar-refractivity contribution in [3.63, 3.8) is 0 Å². The van der Waals surface area contributed by atoms with E-state index < -0.39 is 0 Å². The summed E-state index contributed by atoms with van der Waals surface area (Å²) in [4.78, 5) is 4.38. The zero-order valence-electron chi connectivity index (χ0n) is 9.21. The van der Waals surface area contributed by atoms with Gasteiger partial charge in [-0.3, -0.25) is 4.98 Å². The monoisotopic (exact) mass is 221 g/mol. The highest BCUT2D eigenvalue weighted by Gasteiger charge is 2.08. The summed E-state index contributed by atoms with van der Waals surface area (Å²) in [5.74, 6) is 0.867. The molecule has 0 atom stereocenters. The fourth-order valence-corrected chi connectivity index (χ4v) is 1.88. The second kappa shape index (κ2) is 4.26. The molecule has 0 N–H and O–H groups in total. The summed E-state index contributed by atoms with van der Waals surface area (Å²) in [5.41, 5.74) is 3.11. The van der Waals surface area contributed by atoms with Gasteiger partial charge in [-0.1, -0.05) is 30.3 Å². The van der Waals surface area contributed by atoms with Crippen LogP contribution in [0.25, 0.3) is 22.6 Å². The molecular formula is C15H11NO. The van der Waals surface area contributed by atoms with Gasteiger partial charge < -0.3 is 4.42 Å². The zero-order chi connectivity index (χ0) is 11.5. The maximum Gasteiger partial charge on any atom is 0.134 e. The van der Waals surface area contributed by atoms with Gasteiger partial charge in [0.25, 0.3) is 0 Å².